The van der Waals surface area contributed by atoms with Crippen LogP contribution in [0, 0.1) is 17.6 Å². The molecule has 2 heterocycles. The number of benzene rings is 2. The summed E-state index contributed by atoms with van der Waals surface area (Å²) in [5.41, 5.74) is -1.87. The molecular formula is C27H29F2N3O5S. The maximum absolute atomic E-state index is 15.7. The predicted octanol–water partition coefficient (Wildman–Crippen LogP) is 3.92. The van der Waals surface area contributed by atoms with E-state index in [1.807, 2.05) is 6.07 Å². The molecule has 2 saturated carbocycles. The Bertz CT molecular complexity index is 1530. The first kappa shape index (κ1) is 25.4. The maximum atomic E-state index is 15.7. The Morgan fingerprint density at radius 3 is 2.45 bits per heavy atom. The molecule has 11 heteroatoms. The number of nitrogens with one attached hydrogen (secondary N) is 1. The largest absolute Gasteiger partial charge is 0.434 e. The number of aliphatic hydroxyl groups is 1. The molecular weight excluding hydrogens is 516 g/mol. The topological polar surface area (TPSA) is 116 Å². The van der Waals surface area contributed by atoms with Crippen molar-refractivity contribution in [3.05, 3.63) is 87.2 Å². The summed E-state index contributed by atoms with van der Waals surface area (Å²) in [7, 11) is -3.84. The van der Waals surface area contributed by atoms with Crippen LogP contribution in [-0.2, 0) is 22.0 Å². The van der Waals surface area contributed by atoms with E-state index in [0.717, 1.165) is 25.0 Å². The number of sulfonamides is 1. The minimum atomic E-state index is -3.84. The molecule has 0 radical (unpaired) electrons. The highest BCUT2D eigenvalue weighted by Gasteiger charge is 2.64. The molecule has 3 aliphatic rings. The van der Waals surface area contributed by atoms with Crippen molar-refractivity contribution in [3.63, 3.8) is 0 Å². The summed E-state index contributed by atoms with van der Waals surface area (Å²) in [5.74, 6) is -2.40. The van der Waals surface area contributed by atoms with Gasteiger partial charge < -0.3 is 9.52 Å². The Morgan fingerprint density at radius 1 is 1.11 bits per heavy atom. The van der Waals surface area contributed by atoms with Crippen LogP contribution in [0.2, 0.25) is 0 Å². The molecule has 3 fully saturated rings. The quantitative estimate of drug-likeness (QED) is 0.485. The minimum absolute atomic E-state index is 0.0461. The van der Waals surface area contributed by atoms with Gasteiger partial charge in [0.25, 0.3) is 0 Å². The van der Waals surface area contributed by atoms with Gasteiger partial charge in [-0.05, 0) is 69.1 Å². The van der Waals surface area contributed by atoms with Crippen molar-refractivity contribution < 1.29 is 26.7 Å². The normalized spacial score (nSPS) is 31.2. The van der Waals surface area contributed by atoms with Gasteiger partial charge in [-0.15, -0.1) is 5.10 Å². The zero-order valence-electron chi connectivity index (χ0n) is 20.9. The van der Waals surface area contributed by atoms with E-state index in [1.54, 1.807) is 31.2 Å². The van der Waals surface area contributed by atoms with Crippen LogP contribution < -0.4 is 5.76 Å². The molecule has 0 bridgehead atoms. The van der Waals surface area contributed by atoms with Crippen LogP contribution in [0.5, 0.6) is 0 Å². The molecule has 3 aromatic rings. The van der Waals surface area contributed by atoms with Crippen LogP contribution in [0.1, 0.15) is 73.3 Å². The third kappa shape index (κ3) is 4.02. The molecule has 2 aliphatic carbocycles. The van der Waals surface area contributed by atoms with E-state index in [4.69, 9.17) is 4.42 Å². The van der Waals surface area contributed by atoms with Crippen molar-refractivity contribution >= 4 is 10.0 Å². The van der Waals surface area contributed by atoms with Gasteiger partial charge in [0.2, 0.25) is 15.9 Å². The van der Waals surface area contributed by atoms with Gasteiger partial charge in [-0.25, -0.2) is 27.1 Å². The summed E-state index contributed by atoms with van der Waals surface area (Å²) in [4.78, 5) is 11.7. The predicted molar refractivity (Wildman–Crippen MR) is 134 cm³/mol. The molecule has 1 aromatic heterocycles. The van der Waals surface area contributed by atoms with Gasteiger partial charge >= 0.3 is 5.76 Å². The van der Waals surface area contributed by atoms with Gasteiger partial charge in [0.05, 0.1) is 11.0 Å². The summed E-state index contributed by atoms with van der Waals surface area (Å²) in [6, 6.07) is 10.6. The second kappa shape index (κ2) is 8.82. The zero-order valence-corrected chi connectivity index (χ0v) is 21.7. The van der Waals surface area contributed by atoms with E-state index in [-0.39, 0.29) is 48.4 Å². The number of hydrogen-bond acceptors (Lipinski definition) is 6. The Hall–Kier alpha value is -2.89. The molecule has 1 saturated heterocycles. The fourth-order valence-corrected chi connectivity index (χ4v) is 8.58. The minimum Gasteiger partial charge on any atom is -0.391 e. The smallest absolute Gasteiger partial charge is 0.391 e. The van der Waals surface area contributed by atoms with Crippen molar-refractivity contribution in [3.8, 4) is 0 Å². The molecule has 202 valence electrons. The zero-order chi connectivity index (χ0) is 26.9. The van der Waals surface area contributed by atoms with Gasteiger partial charge in [-0.2, -0.15) is 4.31 Å². The lowest BCUT2D eigenvalue weighted by Gasteiger charge is -2.52. The van der Waals surface area contributed by atoms with Crippen LogP contribution in [-0.4, -0.2) is 39.7 Å². The molecule has 0 unspecified atom stereocenters. The van der Waals surface area contributed by atoms with Crippen molar-refractivity contribution in [1.82, 2.24) is 14.5 Å². The van der Waals surface area contributed by atoms with Crippen LogP contribution in [0.4, 0.5) is 8.78 Å². The van der Waals surface area contributed by atoms with Crippen LogP contribution in [0.25, 0.3) is 0 Å². The number of aromatic nitrogens is 2. The molecule has 2 N–H and O–H groups in total. The highest BCUT2D eigenvalue weighted by Crippen LogP contribution is 2.61. The molecule has 2 aromatic carbocycles. The van der Waals surface area contributed by atoms with Gasteiger partial charge in [-0.1, -0.05) is 30.3 Å². The van der Waals surface area contributed by atoms with Gasteiger partial charge in [0.1, 0.15) is 16.9 Å². The van der Waals surface area contributed by atoms with Gasteiger partial charge in [0, 0.05) is 23.7 Å². The van der Waals surface area contributed by atoms with Crippen molar-refractivity contribution in [2.45, 2.75) is 74.3 Å². The van der Waals surface area contributed by atoms with Crippen LogP contribution in [0.3, 0.4) is 0 Å². The maximum Gasteiger partial charge on any atom is 0.434 e. The summed E-state index contributed by atoms with van der Waals surface area (Å²) in [6.07, 6.45) is 2.82. The first-order chi connectivity index (χ1) is 18.0. The molecule has 0 spiro atoms. The third-order valence-corrected chi connectivity index (χ3v) is 10.9. The van der Waals surface area contributed by atoms with Crippen molar-refractivity contribution in [2.24, 2.45) is 5.92 Å². The highest BCUT2D eigenvalue weighted by atomic mass is 32.2. The average Bonchev–Trinajstić information content (AvgIpc) is 3.63. The lowest BCUT2D eigenvalue weighted by molar-refractivity contribution is -0.103. The number of hydrogen-bond donors (Lipinski definition) is 2. The lowest BCUT2D eigenvalue weighted by Crippen LogP contribution is -2.57. The van der Waals surface area contributed by atoms with E-state index in [0.29, 0.717) is 18.4 Å². The van der Waals surface area contributed by atoms with E-state index < -0.39 is 43.7 Å². The van der Waals surface area contributed by atoms with E-state index in [1.165, 1.54) is 4.31 Å². The molecule has 8 nitrogen and oxygen atoms in total. The Morgan fingerprint density at radius 2 is 1.82 bits per heavy atom. The fraction of sp³-hybridized carbons (Fsp3) is 0.481. The standard InChI is InChI=1S/C27H29F2N3O5S/c1-16-7-10-23(17-5-3-2-4-6-17)38(35,36)32(16)13-18-11-22(29)20(12-21(18)28)26(24-30-31-25(33)37-24)14-27(34,15-26)19-8-9-19/h2-6,11-12,16,19,23,34H,7-10,13-15H2,1H3,(H,31,33)/t16-,23+,26-,27-/m0/s1. The molecule has 0 amide bonds. The van der Waals surface area contributed by atoms with E-state index in [2.05, 4.69) is 10.2 Å². The number of halogens is 2. The highest BCUT2D eigenvalue weighted by molar-refractivity contribution is 7.89. The Kier molecular flexibility index (Phi) is 5.89. The van der Waals surface area contributed by atoms with Gasteiger partial charge in [-0.3, -0.25) is 0 Å². The Balaban J connectivity index is 1.34. The first-order valence-corrected chi connectivity index (χ1v) is 14.4. The fourth-order valence-electron chi connectivity index (χ4n) is 6.39. The van der Waals surface area contributed by atoms with E-state index in [9.17, 15) is 18.3 Å². The second-order valence-corrected chi connectivity index (χ2v) is 13.1. The monoisotopic (exact) mass is 545 g/mol. The van der Waals surface area contributed by atoms with Crippen molar-refractivity contribution in [2.75, 3.05) is 0 Å². The number of nitrogens with zero attached hydrogens (tertiary/aromatic N) is 2. The molecule has 2 atom stereocenters. The molecule has 1 aliphatic heterocycles. The van der Waals surface area contributed by atoms with Gasteiger partial charge in [0.15, 0.2) is 0 Å². The number of H-pyrrole nitrogens is 1. The first-order valence-electron chi connectivity index (χ1n) is 12.9. The Labute approximate surface area is 218 Å². The molecule has 6 rings (SSSR count). The van der Waals surface area contributed by atoms with Crippen LogP contribution in [0.15, 0.2) is 51.7 Å². The summed E-state index contributed by atoms with van der Waals surface area (Å²) in [6.45, 7) is 1.45. The number of rotatable bonds is 6. The van der Waals surface area contributed by atoms with E-state index >= 15 is 8.78 Å². The average molecular weight is 546 g/mol. The third-order valence-electron chi connectivity index (χ3n) is 8.57. The summed E-state index contributed by atoms with van der Waals surface area (Å²) in [5, 5.41) is 16.3. The lowest BCUT2D eigenvalue weighted by atomic mass is 9.54. The summed E-state index contributed by atoms with van der Waals surface area (Å²) >= 11 is 0. The van der Waals surface area contributed by atoms with Crippen molar-refractivity contribution in [1.29, 1.82) is 0 Å². The second-order valence-electron chi connectivity index (χ2n) is 11.1. The summed E-state index contributed by atoms with van der Waals surface area (Å²) < 4.78 is 64.9. The SMILES string of the molecule is C[C@H]1CC[C@H](c2ccccc2)S(=O)(=O)N1Cc1cc(F)c([C@]2(c3n[nH]c(=O)o3)C[C@@](O)(C3CC3)C2)cc1F. The van der Waals surface area contributed by atoms with Crippen LogP contribution >= 0.6 is 0 Å². The molecule has 38 heavy (non-hydrogen) atoms. The number of aromatic amines is 1.